The van der Waals surface area contributed by atoms with Crippen molar-refractivity contribution in [1.82, 2.24) is 10.1 Å². The van der Waals surface area contributed by atoms with E-state index in [1.54, 1.807) is 11.1 Å². The van der Waals surface area contributed by atoms with E-state index < -0.39 is 5.97 Å². The molecule has 0 aliphatic heterocycles. The average molecular weight is 250 g/mol. The minimum atomic E-state index is -1.18. The van der Waals surface area contributed by atoms with Gasteiger partial charge in [0.2, 0.25) is 11.5 Å². The van der Waals surface area contributed by atoms with Crippen molar-refractivity contribution in [2.45, 2.75) is 19.3 Å². The van der Waals surface area contributed by atoms with Crippen molar-refractivity contribution in [1.29, 1.82) is 0 Å². The van der Waals surface area contributed by atoms with Gasteiger partial charge in [-0.1, -0.05) is 5.16 Å². The van der Waals surface area contributed by atoms with Gasteiger partial charge in [-0.15, -0.1) is 0 Å². The van der Waals surface area contributed by atoms with Crippen LogP contribution in [0, 0.1) is 0 Å². The van der Waals surface area contributed by atoms with Crippen molar-refractivity contribution >= 4 is 11.8 Å². The molecule has 0 aromatic carbocycles. The summed E-state index contributed by atoms with van der Waals surface area (Å²) in [6.45, 7) is 0. The fourth-order valence-electron chi connectivity index (χ4n) is 2.04. The van der Waals surface area contributed by atoms with Crippen LogP contribution in [0.15, 0.2) is 16.3 Å². The van der Waals surface area contributed by atoms with Crippen molar-refractivity contribution in [3.63, 3.8) is 0 Å². The van der Waals surface area contributed by atoms with Crippen LogP contribution in [0.25, 0.3) is 0 Å². The van der Waals surface area contributed by atoms with Crippen molar-refractivity contribution in [2.75, 3.05) is 14.1 Å². The number of aromatic nitrogens is 1. The summed E-state index contributed by atoms with van der Waals surface area (Å²) in [4.78, 5) is 24.9. The Balaban J connectivity index is 2.45. The normalized spacial score (nSPS) is 17.4. The summed E-state index contributed by atoms with van der Waals surface area (Å²) in [6.07, 6.45) is 3.57. The number of ketones is 1. The number of hydrogen-bond donors (Lipinski definition) is 1. The van der Waals surface area contributed by atoms with Crippen molar-refractivity contribution in [3.05, 3.63) is 28.8 Å². The minimum absolute atomic E-state index is 0.137. The zero-order chi connectivity index (χ0) is 13.3. The van der Waals surface area contributed by atoms with Crippen LogP contribution in [-0.2, 0) is 6.42 Å². The molecule has 6 nitrogen and oxygen atoms in total. The Hall–Kier alpha value is -2.11. The van der Waals surface area contributed by atoms with E-state index in [9.17, 15) is 9.59 Å². The van der Waals surface area contributed by atoms with Gasteiger partial charge in [0.05, 0.1) is 0 Å². The van der Waals surface area contributed by atoms with Crippen LogP contribution < -0.4 is 0 Å². The Labute approximate surface area is 104 Å². The zero-order valence-electron chi connectivity index (χ0n) is 10.3. The SMILES string of the molecule is CN(C)/C=C1\CCCc2c(noc2C(=O)O)C1=O. The number of allylic oxidation sites excluding steroid dienone is 1. The molecule has 1 heterocycles. The second-order valence-corrected chi connectivity index (χ2v) is 4.44. The lowest BCUT2D eigenvalue weighted by molar-refractivity contribution is 0.0649. The number of hydrogen-bond acceptors (Lipinski definition) is 5. The molecule has 2 rings (SSSR count). The van der Waals surface area contributed by atoms with Gasteiger partial charge in [0.15, 0.2) is 5.69 Å². The molecule has 0 bridgehead atoms. The fraction of sp³-hybridized carbons (Fsp3) is 0.417. The summed E-state index contributed by atoms with van der Waals surface area (Å²) >= 11 is 0. The molecule has 1 aliphatic rings. The average Bonchev–Trinajstić information content (AvgIpc) is 2.64. The second kappa shape index (κ2) is 4.64. The number of carbonyl (C=O) groups is 2. The van der Waals surface area contributed by atoms with Gasteiger partial charge in [-0.3, -0.25) is 4.79 Å². The van der Waals surface area contributed by atoms with E-state index in [1.807, 2.05) is 14.1 Å². The number of carboxylic acid groups (broad SMARTS) is 1. The lowest BCUT2D eigenvalue weighted by Crippen LogP contribution is -2.10. The molecule has 1 aromatic rings. The summed E-state index contributed by atoms with van der Waals surface area (Å²) in [6, 6.07) is 0. The predicted octanol–water partition coefficient (Wildman–Crippen LogP) is 1.34. The highest BCUT2D eigenvalue weighted by molar-refractivity contribution is 6.09. The van der Waals surface area contributed by atoms with Gasteiger partial charge >= 0.3 is 5.97 Å². The molecule has 18 heavy (non-hydrogen) atoms. The lowest BCUT2D eigenvalue weighted by Gasteiger charge is -2.08. The van der Waals surface area contributed by atoms with E-state index in [0.29, 0.717) is 30.4 Å². The van der Waals surface area contributed by atoms with E-state index in [4.69, 9.17) is 9.63 Å². The number of aromatic carboxylic acids is 1. The Morgan fingerprint density at radius 1 is 1.44 bits per heavy atom. The molecule has 0 unspecified atom stereocenters. The molecular weight excluding hydrogens is 236 g/mol. The second-order valence-electron chi connectivity index (χ2n) is 4.44. The molecule has 0 fully saturated rings. The Morgan fingerprint density at radius 3 is 2.78 bits per heavy atom. The van der Waals surface area contributed by atoms with Gasteiger partial charge in [0.1, 0.15) is 0 Å². The number of rotatable bonds is 2. The molecule has 0 atom stereocenters. The fourth-order valence-corrected chi connectivity index (χ4v) is 2.04. The monoisotopic (exact) mass is 250 g/mol. The highest BCUT2D eigenvalue weighted by Gasteiger charge is 2.29. The maximum atomic E-state index is 12.2. The van der Waals surface area contributed by atoms with E-state index >= 15 is 0 Å². The van der Waals surface area contributed by atoms with Crippen LogP contribution in [0.1, 0.15) is 39.4 Å². The first kappa shape index (κ1) is 12.3. The highest BCUT2D eigenvalue weighted by Crippen LogP contribution is 2.26. The summed E-state index contributed by atoms with van der Waals surface area (Å²) in [5.74, 6) is -1.64. The van der Waals surface area contributed by atoms with Crippen LogP contribution in [-0.4, -0.2) is 41.0 Å². The standard InChI is InChI=1S/C12H14N2O4/c1-14(2)6-7-4-3-5-8-9(10(7)15)13-18-11(8)12(16)17/h6H,3-5H2,1-2H3,(H,16,17)/b7-6+. The molecule has 0 spiro atoms. The summed E-state index contributed by atoms with van der Waals surface area (Å²) in [5, 5.41) is 12.6. The van der Waals surface area contributed by atoms with Gasteiger partial charge in [-0.25, -0.2) is 4.79 Å². The lowest BCUT2D eigenvalue weighted by atomic mass is 10.1. The van der Waals surface area contributed by atoms with Crippen LogP contribution >= 0.6 is 0 Å². The van der Waals surface area contributed by atoms with Crippen LogP contribution in [0.5, 0.6) is 0 Å². The largest absolute Gasteiger partial charge is 0.475 e. The maximum absolute atomic E-state index is 12.2. The molecule has 0 radical (unpaired) electrons. The molecule has 1 aromatic heterocycles. The van der Waals surface area contributed by atoms with E-state index in [2.05, 4.69) is 5.16 Å². The number of Topliss-reactive ketones (excluding diaryl/α,β-unsaturated/α-hetero) is 1. The molecule has 0 saturated carbocycles. The number of fused-ring (bicyclic) bond motifs is 1. The van der Waals surface area contributed by atoms with Gasteiger partial charge in [-0.05, 0) is 19.3 Å². The first-order valence-corrected chi connectivity index (χ1v) is 5.64. The predicted molar refractivity (Wildman–Crippen MR) is 62.5 cm³/mol. The molecule has 0 amide bonds. The van der Waals surface area contributed by atoms with Crippen molar-refractivity contribution < 1.29 is 19.2 Å². The Kier molecular flexibility index (Phi) is 3.18. The topological polar surface area (TPSA) is 83.6 Å². The Morgan fingerprint density at radius 2 is 2.17 bits per heavy atom. The van der Waals surface area contributed by atoms with E-state index in [0.717, 1.165) is 0 Å². The molecule has 6 heteroatoms. The summed E-state index contributed by atoms with van der Waals surface area (Å²) < 4.78 is 4.75. The molecule has 1 N–H and O–H groups in total. The minimum Gasteiger partial charge on any atom is -0.475 e. The smallest absolute Gasteiger partial charge is 0.375 e. The highest BCUT2D eigenvalue weighted by atomic mass is 16.5. The van der Waals surface area contributed by atoms with Gasteiger partial charge in [-0.2, -0.15) is 0 Å². The van der Waals surface area contributed by atoms with Crippen LogP contribution in [0.4, 0.5) is 0 Å². The molecule has 96 valence electrons. The first-order chi connectivity index (χ1) is 8.50. The third-order valence-electron chi connectivity index (χ3n) is 2.78. The van der Waals surface area contributed by atoms with Gasteiger partial charge in [0.25, 0.3) is 0 Å². The Bertz CT molecular complexity index is 528. The van der Waals surface area contributed by atoms with Gasteiger partial charge < -0.3 is 14.5 Å². The number of nitrogens with zero attached hydrogens (tertiary/aromatic N) is 2. The van der Waals surface area contributed by atoms with Crippen LogP contribution in [0.2, 0.25) is 0 Å². The maximum Gasteiger partial charge on any atom is 0.375 e. The molecule has 1 aliphatic carbocycles. The van der Waals surface area contributed by atoms with Crippen LogP contribution in [0.3, 0.4) is 0 Å². The molecular formula is C12H14N2O4. The third-order valence-corrected chi connectivity index (χ3v) is 2.78. The van der Waals surface area contributed by atoms with Crippen molar-refractivity contribution in [2.24, 2.45) is 0 Å². The van der Waals surface area contributed by atoms with Crippen molar-refractivity contribution in [3.8, 4) is 0 Å². The van der Waals surface area contributed by atoms with Gasteiger partial charge in [0, 0.05) is 31.4 Å². The zero-order valence-corrected chi connectivity index (χ0v) is 10.3. The first-order valence-electron chi connectivity index (χ1n) is 5.64. The van der Waals surface area contributed by atoms with E-state index in [1.165, 1.54) is 0 Å². The molecule has 0 saturated heterocycles. The third kappa shape index (κ3) is 2.13. The number of carbonyl (C=O) groups excluding carboxylic acids is 1. The van der Waals surface area contributed by atoms with E-state index in [-0.39, 0.29) is 17.2 Å². The number of carboxylic acids is 1. The summed E-state index contributed by atoms with van der Waals surface area (Å²) in [7, 11) is 3.66. The summed E-state index contributed by atoms with van der Waals surface area (Å²) in [5.41, 5.74) is 1.18. The quantitative estimate of drug-likeness (QED) is 0.629.